The predicted octanol–water partition coefficient (Wildman–Crippen LogP) is 3.73. The molecule has 2 aromatic rings. The van der Waals surface area contributed by atoms with Crippen LogP contribution in [0.25, 0.3) is 0 Å². The minimum absolute atomic E-state index is 0.0137. The number of amides is 1. The minimum atomic E-state index is -1.56. The van der Waals surface area contributed by atoms with Gasteiger partial charge in [-0.1, -0.05) is 50.2 Å². The van der Waals surface area contributed by atoms with Gasteiger partial charge in [0, 0.05) is 16.7 Å². The van der Waals surface area contributed by atoms with E-state index < -0.39 is 46.8 Å². The number of aryl methyl sites for hydroxylation is 2. The lowest BCUT2D eigenvalue weighted by Crippen LogP contribution is -2.59. The van der Waals surface area contributed by atoms with Crippen molar-refractivity contribution in [1.82, 2.24) is 0 Å². The molecular formula is C34H27NO7. The Bertz CT molecular complexity index is 1810. The zero-order valence-electron chi connectivity index (χ0n) is 23.1. The van der Waals surface area contributed by atoms with Crippen molar-refractivity contribution in [2.24, 2.45) is 5.92 Å². The normalized spacial score (nSPS) is 28.0. The molecule has 1 amide bonds. The fraction of sp³-hybridized carbons (Fsp3) is 0.324. The van der Waals surface area contributed by atoms with Gasteiger partial charge in [-0.05, 0) is 66.7 Å². The molecule has 0 unspecified atom stereocenters. The van der Waals surface area contributed by atoms with Crippen LogP contribution < -0.4 is 4.90 Å². The summed E-state index contributed by atoms with van der Waals surface area (Å²) in [6, 6.07) is 3.77. The van der Waals surface area contributed by atoms with Crippen LogP contribution in [-0.2, 0) is 27.9 Å². The van der Waals surface area contributed by atoms with E-state index in [-0.39, 0.29) is 46.0 Å². The van der Waals surface area contributed by atoms with Crippen LogP contribution in [0.5, 0.6) is 5.75 Å². The number of aliphatic hydroxyl groups excluding tert-OH is 1. The van der Waals surface area contributed by atoms with Crippen LogP contribution in [0.3, 0.4) is 0 Å². The maximum Gasteiger partial charge on any atom is 0.415 e. The van der Waals surface area contributed by atoms with E-state index in [1.165, 1.54) is 29.2 Å². The highest BCUT2D eigenvalue weighted by atomic mass is 16.6. The molecule has 8 nitrogen and oxygen atoms in total. The highest BCUT2D eigenvalue weighted by Crippen LogP contribution is 2.70. The van der Waals surface area contributed by atoms with E-state index in [9.17, 15) is 24.6 Å². The number of nitrogens with zero attached hydrogens (tertiary/aromatic N) is 1. The highest BCUT2D eigenvalue weighted by Gasteiger charge is 2.83. The number of fused-ring (bicyclic) bond motifs is 5. The van der Waals surface area contributed by atoms with Gasteiger partial charge in [0.2, 0.25) is 0 Å². The molecule has 2 bridgehead atoms. The van der Waals surface area contributed by atoms with Crippen LogP contribution in [-0.4, -0.2) is 52.2 Å². The number of allylic oxidation sites excluding steroid dienone is 2. The molecule has 4 atom stereocenters. The van der Waals surface area contributed by atoms with Gasteiger partial charge in [-0.2, -0.15) is 0 Å². The third-order valence-electron chi connectivity index (χ3n) is 9.08. The quantitative estimate of drug-likeness (QED) is 0.284. The Labute approximate surface area is 242 Å². The van der Waals surface area contributed by atoms with Crippen molar-refractivity contribution in [2.75, 3.05) is 11.5 Å². The molecule has 0 radical (unpaired) electrons. The van der Waals surface area contributed by atoms with Crippen molar-refractivity contribution in [1.29, 1.82) is 0 Å². The Morgan fingerprint density at radius 3 is 2.40 bits per heavy atom. The van der Waals surface area contributed by atoms with Crippen molar-refractivity contribution in [3.8, 4) is 29.4 Å². The highest BCUT2D eigenvalue weighted by molar-refractivity contribution is 6.32. The molecule has 2 aromatic carbocycles. The summed E-state index contributed by atoms with van der Waals surface area (Å²) in [7, 11) is 0. The zero-order valence-corrected chi connectivity index (χ0v) is 23.1. The molecule has 2 aliphatic heterocycles. The van der Waals surface area contributed by atoms with Gasteiger partial charge in [-0.3, -0.25) is 14.5 Å². The molecular weight excluding hydrogens is 534 g/mol. The van der Waals surface area contributed by atoms with E-state index >= 15 is 0 Å². The molecule has 2 heterocycles. The number of benzene rings is 2. The van der Waals surface area contributed by atoms with Crippen LogP contribution in [0.15, 0.2) is 43.0 Å². The van der Waals surface area contributed by atoms with E-state index in [0.717, 1.165) is 30.4 Å². The van der Waals surface area contributed by atoms with Crippen molar-refractivity contribution in [3.05, 3.63) is 82.0 Å². The summed E-state index contributed by atoms with van der Waals surface area (Å²) in [6.07, 6.45) is 4.66. The van der Waals surface area contributed by atoms with Crippen molar-refractivity contribution < 1.29 is 34.1 Å². The number of epoxide rings is 1. The summed E-state index contributed by atoms with van der Waals surface area (Å²) in [5.41, 5.74) is -0.582. The number of hydrogen-bond donors (Lipinski definition) is 2. The summed E-state index contributed by atoms with van der Waals surface area (Å²) in [5, 5.41) is 23.0. The number of hydrogen-bond acceptors (Lipinski definition) is 7. The standard InChI is InChI=1S/C34H27NO7/c1-4-14-41-32(40)35-25-12-7-5-6-8-13-26(37)34(33(25,42-34)18(2)3)23-17-24(36)27-28(29(23)35)31(39)22-16-20-11-9-10-19(20)15-21(22)30(27)38/h4-6,15-18,25-26,36-37H,1,9-11,14H2,2-3H3/b6-5-/t25-,26+,33-,34-/m0/s1. The molecule has 5 aliphatic rings. The number of carbonyl (C=O) groups is 3. The average molecular weight is 562 g/mol. The molecule has 1 fully saturated rings. The second-order valence-electron chi connectivity index (χ2n) is 11.5. The number of aromatic hydroxyl groups is 1. The summed E-state index contributed by atoms with van der Waals surface area (Å²) < 4.78 is 12.0. The van der Waals surface area contributed by atoms with Gasteiger partial charge in [-0.15, -0.1) is 0 Å². The third-order valence-corrected chi connectivity index (χ3v) is 9.08. The number of phenols is 1. The number of phenolic OH excluding ortho intramolecular Hbond substituents is 1. The second kappa shape index (κ2) is 8.93. The smallest absolute Gasteiger partial charge is 0.415 e. The van der Waals surface area contributed by atoms with Gasteiger partial charge in [0.05, 0.1) is 16.8 Å². The first-order valence-electron chi connectivity index (χ1n) is 14.0. The van der Waals surface area contributed by atoms with Crippen LogP contribution in [0.4, 0.5) is 10.5 Å². The summed E-state index contributed by atoms with van der Waals surface area (Å²) in [6.45, 7) is 7.26. The van der Waals surface area contributed by atoms with Crippen LogP contribution in [0, 0.1) is 29.6 Å². The Balaban J connectivity index is 1.58. The Morgan fingerprint density at radius 2 is 1.76 bits per heavy atom. The number of ether oxygens (including phenoxy) is 2. The monoisotopic (exact) mass is 561 g/mol. The number of aliphatic hydroxyl groups is 1. The van der Waals surface area contributed by atoms with E-state index in [1.807, 2.05) is 13.8 Å². The Morgan fingerprint density at radius 1 is 1.12 bits per heavy atom. The number of rotatable bonds is 3. The van der Waals surface area contributed by atoms with Gasteiger partial charge in [0.1, 0.15) is 24.0 Å². The summed E-state index contributed by atoms with van der Waals surface area (Å²) in [5.74, 6) is 9.78. The van der Waals surface area contributed by atoms with E-state index in [1.54, 1.807) is 12.1 Å². The van der Waals surface area contributed by atoms with E-state index in [0.29, 0.717) is 0 Å². The fourth-order valence-corrected chi connectivity index (χ4v) is 7.28. The molecule has 210 valence electrons. The van der Waals surface area contributed by atoms with Gasteiger partial charge in [0.15, 0.2) is 23.3 Å². The topological polar surface area (TPSA) is 117 Å². The van der Waals surface area contributed by atoms with Crippen LogP contribution in [0.2, 0.25) is 0 Å². The molecule has 0 aromatic heterocycles. The molecule has 2 N–H and O–H groups in total. The minimum Gasteiger partial charge on any atom is -0.507 e. The molecule has 1 saturated heterocycles. The molecule has 0 spiro atoms. The summed E-state index contributed by atoms with van der Waals surface area (Å²) in [4.78, 5) is 43.6. The van der Waals surface area contributed by atoms with Gasteiger partial charge in [0.25, 0.3) is 0 Å². The third kappa shape index (κ3) is 3.14. The zero-order chi connectivity index (χ0) is 29.6. The second-order valence-corrected chi connectivity index (χ2v) is 11.5. The van der Waals surface area contributed by atoms with Crippen molar-refractivity contribution in [3.63, 3.8) is 0 Å². The lowest BCUT2D eigenvalue weighted by Gasteiger charge is -2.43. The summed E-state index contributed by atoms with van der Waals surface area (Å²) >= 11 is 0. The largest absolute Gasteiger partial charge is 0.507 e. The average Bonchev–Trinajstić information content (AvgIpc) is 3.51. The molecule has 8 heteroatoms. The number of anilines is 1. The Hall–Kier alpha value is -4.63. The molecule has 0 saturated carbocycles. The first-order valence-corrected chi connectivity index (χ1v) is 14.0. The molecule has 42 heavy (non-hydrogen) atoms. The van der Waals surface area contributed by atoms with Gasteiger partial charge in [-0.25, -0.2) is 4.79 Å². The lowest BCUT2D eigenvalue weighted by molar-refractivity contribution is 0.0974. The predicted molar refractivity (Wildman–Crippen MR) is 152 cm³/mol. The first kappa shape index (κ1) is 26.3. The SMILES string of the molecule is C=CCOC(=O)N1c2c(cc(O)c3c2C(=O)c2cc4c(cc2C3=O)CCC4)[C@@]23O[C@@]2(C(C)C)[C@@H]1C#C/C=C\C#C[C@H]3O. The first-order chi connectivity index (χ1) is 20.2. The maximum absolute atomic E-state index is 14.4. The molecule has 7 rings (SSSR count). The van der Waals surface area contributed by atoms with Crippen LogP contribution in [0.1, 0.15) is 68.8 Å². The number of carbonyl (C=O) groups excluding carboxylic acids is 3. The van der Waals surface area contributed by atoms with E-state index in [4.69, 9.17) is 9.47 Å². The van der Waals surface area contributed by atoms with Crippen molar-refractivity contribution >= 4 is 23.3 Å². The molecule has 3 aliphatic carbocycles. The van der Waals surface area contributed by atoms with Gasteiger partial charge < -0.3 is 19.7 Å². The number of ketones is 2. The maximum atomic E-state index is 14.4. The van der Waals surface area contributed by atoms with Crippen LogP contribution >= 0.6 is 0 Å². The lowest BCUT2D eigenvalue weighted by atomic mass is 9.67. The Kier molecular flexibility index (Phi) is 5.59. The van der Waals surface area contributed by atoms with Crippen molar-refractivity contribution in [2.45, 2.75) is 56.5 Å². The van der Waals surface area contributed by atoms with E-state index in [2.05, 4.69) is 30.3 Å². The fourth-order valence-electron chi connectivity index (χ4n) is 7.28. The van der Waals surface area contributed by atoms with Gasteiger partial charge >= 0.3 is 6.09 Å².